The minimum absolute atomic E-state index is 0.00238. The maximum Gasteiger partial charge on any atom is 0.303 e. The summed E-state index contributed by atoms with van der Waals surface area (Å²) >= 11 is 0. The van der Waals surface area contributed by atoms with Crippen molar-refractivity contribution >= 4 is 33.9 Å². The lowest BCUT2D eigenvalue weighted by molar-refractivity contribution is -0.157. The second-order valence-corrected chi connectivity index (χ2v) is 5.44. The second-order valence-electron chi connectivity index (χ2n) is 5.44. The molecule has 7 heteroatoms. The minimum Gasteiger partial charge on any atom is -0.462 e. The van der Waals surface area contributed by atoms with Gasteiger partial charge in [0.15, 0.2) is 6.10 Å². The highest BCUT2D eigenvalue weighted by atomic mass is 16.6. The van der Waals surface area contributed by atoms with E-state index >= 15 is 0 Å². The zero-order valence-corrected chi connectivity index (χ0v) is 13.4. The van der Waals surface area contributed by atoms with E-state index < -0.39 is 18.0 Å². The van der Waals surface area contributed by atoms with Crippen LogP contribution < -0.4 is 0 Å². The number of hydrogen-bond donors (Lipinski definition) is 0. The molecule has 7 nitrogen and oxygen atoms in total. The molecule has 1 atom stereocenters. The maximum absolute atomic E-state index is 11.3. The standard InChI is InChI=1S/C17H17N3O4/c1-11(21)23-9-13(24-12(2)22)8-20-10-19-16-7-18-15-6-4-3-5-14(15)17(16)20/h3-7,10,13H,8-9H2,1-2H3. The van der Waals surface area contributed by atoms with Crippen LogP contribution in [0.5, 0.6) is 0 Å². The molecule has 0 aliphatic rings. The fourth-order valence-corrected chi connectivity index (χ4v) is 2.63. The van der Waals surface area contributed by atoms with Gasteiger partial charge in [-0.3, -0.25) is 14.6 Å². The molecule has 0 fully saturated rings. The number of ether oxygens (including phenoxy) is 2. The van der Waals surface area contributed by atoms with E-state index in [4.69, 9.17) is 9.47 Å². The van der Waals surface area contributed by atoms with Crippen LogP contribution in [0.3, 0.4) is 0 Å². The summed E-state index contributed by atoms with van der Waals surface area (Å²) in [4.78, 5) is 31.1. The molecule has 0 N–H and O–H groups in total. The van der Waals surface area contributed by atoms with E-state index in [-0.39, 0.29) is 6.61 Å². The van der Waals surface area contributed by atoms with E-state index in [1.165, 1.54) is 13.8 Å². The number of rotatable bonds is 5. The van der Waals surface area contributed by atoms with Gasteiger partial charge in [-0.2, -0.15) is 0 Å². The lowest BCUT2D eigenvalue weighted by atomic mass is 10.2. The van der Waals surface area contributed by atoms with E-state index in [2.05, 4.69) is 9.97 Å². The molecule has 0 aliphatic carbocycles. The Morgan fingerprint density at radius 1 is 1.12 bits per heavy atom. The van der Waals surface area contributed by atoms with E-state index in [9.17, 15) is 9.59 Å². The van der Waals surface area contributed by atoms with Crippen LogP contribution in [0.4, 0.5) is 0 Å². The predicted molar refractivity (Wildman–Crippen MR) is 87.2 cm³/mol. The molecule has 0 spiro atoms. The highest BCUT2D eigenvalue weighted by Crippen LogP contribution is 2.23. The van der Waals surface area contributed by atoms with Crippen LogP contribution in [0, 0.1) is 0 Å². The Kier molecular flexibility index (Phi) is 4.41. The third-order valence-electron chi connectivity index (χ3n) is 3.56. The van der Waals surface area contributed by atoms with Crippen molar-refractivity contribution < 1.29 is 19.1 Å². The van der Waals surface area contributed by atoms with Crippen molar-refractivity contribution in [2.24, 2.45) is 0 Å². The molecular weight excluding hydrogens is 310 g/mol. The van der Waals surface area contributed by atoms with E-state index in [1.54, 1.807) is 12.5 Å². The molecule has 2 aromatic heterocycles. The van der Waals surface area contributed by atoms with Crippen LogP contribution in [0.1, 0.15) is 13.8 Å². The normalized spacial score (nSPS) is 12.2. The van der Waals surface area contributed by atoms with Crippen molar-refractivity contribution in [2.75, 3.05) is 6.61 Å². The zero-order valence-electron chi connectivity index (χ0n) is 13.4. The van der Waals surface area contributed by atoms with Gasteiger partial charge < -0.3 is 14.0 Å². The highest BCUT2D eigenvalue weighted by molar-refractivity contribution is 6.01. The molecule has 0 saturated carbocycles. The van der Waals surface area contributed by atoms with Gasteiger partial charge in [0.1, 0.15) is 12.1 Å². The summed E-state index contributed by atoms with van der Waals surface area (Å²) in [5.41, 5.74) is 2.51. The molecular formula is C17H17N3O4. The number of benzene rings is 1. The van der Waals surface area contributed by atoms with Crippen molar-refractivity contribution in [2.45, 2.75) is 26.5 Å². The SMILES string of the molecule is CC(=O)OCC(Cn1cnc2cnc3ccccc3c21)OC(C)=O. The first kappa shape index (κ1) is 15.9. The molecule has 0 amide bonds. The predicted octanol–water partition coefficient (Wildman–Crippen LogP) is 2.08. The topological polar surface area (TPSA) is 83.3 Å². The van der Waals surface area contributed by atoms with Gasteiger partial charge in [0.2, 0.25) is 0 Å². The largest absolute Gasteiger partial charge is 0.462 e. The summed E-state index contributed by atoms with van der Waals surface area (Å²) in [7, 11) is 0. The van der Waals surface area contributed by atoms with Gasteiger partial charge in [-0.1, -0.05) is 18.2 Å². The summed E-state index contributed by atoms with van der Waals surface area (Å²) in [5, 5.41) is 0.960. The van der Waals surface area contributed by atoms with Crippen LogP contribution in [0.15, 0.2) is 36.8 Å². The number of esters is 2. The fraction of sp³-hybridized carbons (Fsp3) is 0.294. The number of hydrogen-bond acceptors (Lipinski definition) is 6. The van der Waals surface area contributed by atoms with Crippen molar-refractivity contribution in [3.8, 4) is 0 Å². The summed E-state index contributed by atoms with van der Waals surface area (Å²) in [5.74, 6) is -0.847. The third-order valence-corrected chi connectivity index (χ3v) is 3.56. The maximum atomic E-state index is 11.3. The molecule has 124 valence electrons. The van der Waals surface area contributed by atoms with E-state index in [0.29, 0.717) is 6.54 Å². The first-order valence-corrected chi connectivity index (χ1v) is 7.54. The summed E-state index contributed by atoms with van der Waals surface area (Å²) < 4.78 is 12.1. The monoisotopic (exact) mass is 327 g/mol. The van der Waals surface area contributed by atoms with Gasteiger partial charge in [-0.05, 0) is 6.07 Å². The van der Waals surface area contributed by atoms with Gasteiger partial charge in [-0.15, -0.1) is 0 Å². The van der Waals surface area contributed by atoms with Crippen molar-refractivity contribution in [1.29, 1.82) is 0 Å². The third kappa shape index (κ3) is 3.34. The van der Waals surface area contributed by atoms with Gasteiger partial charge >= 0.3 is 11.9 Å². The van der Waals surface area contributed by atoms with Gasteiger partial charge in [0.05, 0.1) is 30.1 Å². The molecule has 0 radical (unpaired) electrons. The average molecular weight is 327 g/mol. The number of pyridine rings is 1. The van der Waals surface area contributed by atoms with E-state index in [1.807, 2.05) is 28.8 Å². The molecule has 1 aromatic carbocycles. The Morgan fingerprint density at radius 3 is 2.67 bits per heavy atom. The Hall–Kier alpha value is -2.96. The Morgan fingerprint density at radius 2 is 1.92 bits per heavy atom. The quantitative estimate of drug-likeness (QED) is 0.667. The Labute approximate surface area is 138 Å². The van der Waals surface area contributed by atoms with Gasteiger partial charge in [0.25, 0.3) is 0 Å². The Balaban J connectivity index is 1.96. The zero-order chi connectivity index (χ0) is 17.1. The number of aromatic nitrogens is 3. The summed E-state index contributed by atoms with van der Waals surface area (Å²) in [6, 6.07) is 7.75. The highest BCUT2D eigenvalue weighted by Gasteiger charge is 2.17. The number of nitrogens with zero attached hydrogens (tertiary/aromatic N) is 3. The van der Waals surface area contributed by atoms with Crippen LogP contribution in [0.2, 0.25) is 0 Å². The Bertz CT molecular complexity index is 903. The van der Waals surface area contributed by atoms with Gasteiger partial charge in [-0.25, -0.2) is 4.98 Å². The number of carbonyl (C=O) groups excluding carboxylic acids is 2. The van der Waals surface area contributed by atoms with Crippen molar-refractivity contribution in [1.82, 2.24) is 14.5 Å². The fourth-order valence-electron chi connectivity index (χ4n) is 2.63. The lowest BCUT2D eigenvalue weighted by Crippen LogP contribution is -2.28. The van der Waals surface area contributed by atoms with Gasteiger partial charge in [0, 0.05) is 19.2 Å². The molecule has 3 rings (SSSR count). The van der Waals surface area contributed by atoms with Crippen LogP contribution in [0.25, 0.3) is 21.9 Å². The van der Waals surface area contributed by atoms with Crippen molar-refractivity contribution in [3.05, 3.63) is 36.8 Å². The average Bonchev–Trinajstić information content (AvgIpc) is 2.95. The minimum atomic E-state index is -0.587. The van der Waals surface area contributed by atoms with Crippen molar-refractivity contribution in [3.63, 3.8) is 0 Å². The number of para-hydroxylation sites is 1. The number of imidazole rings is 1. The smallest absolute Gasteiger partial charge is 0.303 e. The number of fused-ring (bicyclic) bond motifs is 3. The molecule has 0 aliphatic heterocycles. The van der Waals surface area contributed by atoms with Crippen LogP contribution in [-0.2, 0) is 25.6 Å². The van der Waals surface area contributed by atoms with Crippen LogP contribution >= 0.6 is 0 Å². The van der Waals surface area contributed by atoms with Crippen LogP contribution in [-0.4, -0.2) is 39.2 Å². The molecule has 1 unspecified atom stereocenters. The first-order chi connectivity index (χ1) is 11.5. The lowest BCUT2D eigenvalue weighted by Gasteiger charge is -2.18. The molecule has 24 heavy (non-hydrogen) atoms. The molecule has 3 aromatic rings. The first-order valence-electron chi connectivity index (χ1n) is 7.54. The molecule has 0 saturated heterocycles. The molecule has 2 heterocycles. The van der Waals surface area contributed by atoms with E-state index in [0.717, 1.165) is 21.9 Å². The summed E-state index contributed by atoms with van der Waals surface area (Å²) in [6.07, 6.45) is 2.79. The number of carbonyl (C=O) groups is 2. The summed E-state index contributed by atoms with van der Waals surface area (Å²) in [6.45, 7) is 2.97. The molecule has 0 bridgehead atoms. The second kappa shape index (κ2) is 6.66.